The van der Waals surface area contributed by atoms with Gasteiger partial charge in [-0.15, -0.1) is 0 Å². The van der Waals surface area contributed by atoms with Crippen LogP contribution >= 0.6 is 11.6 Å². The Balaban J connectivity index is 1.36. The molecule has 2 saturated heterocycles. The Morgan fingerprint density at radius 2 is 2.07 bits per heavy atom. The number of carbonyl (C=O) groups excluding carboxylic acids is 2. The number of anilines is 1. The number of amides is 2. The number of morpholine rings is 1. The van der Waals surface area contributed by atoms with Crippen molar-refractivity contribution in [1.29, 1.82) is 0 Å². The first-order valence-corrected chi connectivity index (χ1v) is 10.0. The number of hydrogen-bond acceptors (Lipinski definition) is 5. The van der Waals surface area contributed by atoms with Crippen LogP contribution in [0.2, 0.25) is 5.15 Å². The van der Waals surface area contributed by atoms with Gasteiger partial charge < -0.3 is 19.3 Å². The van der Waals surface area contributed by atoms with Gasteiger partial charge >= 0.3 is 0 Å². The fraction of sp³-hybridized carbons (Fsp3) is 0.381. The van der Waals surface area contributed by atoms with Crippen molar-refractivity contribution < 1.29 is 19.1 Å². The molecular weight excluding hydrogens is 394 g/mol. The van der Waals surface area contributed by atoms with Crippen molar-refractivity contribution in [2.45, 2.75) is 18.9 Å². The molecule has 1 unspecified atom stereocenters. The highest BCUT2D eigenvalue weighted by Gasteiger charge is 2.26. The molecule has 0 bridgehead atoms. The van der Waals surface area contributed by atoms with Gasteiger partial charge in [0.1, 0.15) is 12.7 Å². The molecule has 2 aliphatic rings. The van der Waals surface area contributed by atoms with E-state index in [1.807, 2.05) is 12.1 Å². The Bertz CT molecular complexity index is 890. The summed E-state index contributed by atoms with van der Waals surface area (Å²) >= 11 is 6.00. The largest absolute Gasteiger partial charge is 0.488 e. The van der Waals surface area contributed by atoms with Crippen molar-refractivity contribution in [3.63, 3.8) is 0 Å². The zero-order chi connectivity index (χ0) is 20.2. The van der Waals surface area contributed by atoms with Crippen LogP contribution in [0, 0.1) is 0 Å². The molecule has 0 aliphatic carbocycles. The van der Waals surface area contributed by atoms with Crippen molar-refractivity contribution in [2.75, 3.05) is 37.7 Å². The summed E-state index contributed by atoms with van der Waals surface area (Å²) in [5, 5.41) is 0.299. The number of benzene rings is 1. The van der Waals surface area contributed by atoms with Crippen LogP contribution in [0.4, 0.5) is 5.69 Å². The van der Waals surface area contributed by atoms with E-state index in [9.17, 15) is 9.59 Å². The highest BCUT2D eigenvalue weighted by atomic mass is 35.5. The molecule has 8 heteroatoms. The summed E-state index contributed by atoms with van der Waals surface area (Å²) in [5.74, 6) is 0.569. The molecule has 0 spiro atoms. The van der Waals surface area contributed by atoms with Crippen molar-refractivity contribution in [1.82, 2.24) is 9.88 Å². The zero-order valence-electron chi connectivity index (χ0n) is 15.9. The van der Waals surface area contributed by atoms with Gasteiger partial charge in [-0.1, -0.05) is 11.6 Å². The third kappa shape index (κ3) is 4.52. The Kier molecular flexibility index (Phi) is 5.97. The maximum absolute atomic E-state index is 12.9. The maximum atomic E-state index is 12.9. The lowest BCUT2D eigenvalue weighted by atomic mass is 10.1. The first-order chi connectivity index (χ1) is 14.1. The van der Waals surface area contributed by atoms with Gasteiger partial charge in [0.2, 0.25) is 5.91 Å². The number of ether oxygens (including phenoxy) is 2. The quantitative estimate of drug-likeness (QED) is 0.702. The summed E-state index contributed by atoms with van der Waals surface area (Å²) in [5.41, 5.74) is 1.43. The lowest BCUT2D eigenvalue weighted by molar-refractivity contribution is -0.117. The van der Waals surface area contributed by atoms with Crippen LogP contribution in [-0.2, 0) is 9.53 Å². The van der Waals surface area contributed by atoms with Crippen LogP contribution in [0.15, 0.2) is 42.6 Å². The lowest BCUT2D eigenvalue weighted by Gasteiger charge is -2.33. The predicted octanol–water partition coefficient (Wildman–Crippen LogP) is 2.78. The van der Waals surface area contributed by atoms with E-state index < -0.39 is 0 Å². The first kappa shape index (κ1) is 19.7. The molecule has 2 aromatic rings. The SMILES string of the molecule is O=C(c1ccc(N2CCCC2=O)cc1)N1CCOC(COc2cccnc2Cl)C1. The Morgan fingerprint density at radius 1 is 1.24 bits per heavy atom. The molecule has 2 aliphatic heterocycles. The second kappa shape index (κ2) is 8.80. The summed E-state index contributed by atoms with van der Waals surface area (Å²) in [6.07, 6.45) is 2.81. The Hall–Kier alpha value is -2.64. The summed E-state index contributed by atoms with van der Waals surface area (Å²) < 4.78 is 11.4. The number of nitrogens with zero attached hydrogens (tertiary/aromatic N) is 3. The van der Waals surface area contributed by atoms with E-state index in [0.717, 1.165) is 18.7 Å². The molecule has 4 rings (SSSR count). The Labute approximate surface area is 174 Å². The molecule has 3 heterocycles. The van der Waals surface area contributed by atoms with E-state index in [2.05, 4.69) is 4.98 Å². The molecule has 7 nitrogen and oxygen atoms in total. The number of halogens is 1. The molecule has 1 aromatic carbocycles. The van der Waals surface area contributed by atoms with Crippen molar-refractivity contribution >= 4 is 29.1 Å². The van der Waals surface area contributed by atoms with Crippen LogP contribution in [-0.4, -0.2) is 60.7 Å². The summed E-state index contributed by atoms with van der Waals surface area (Å²) in [6, 6.07) is 10.7. The van der Waals surface area contributed by atoms with Crippen LogP contribution in [0.3, 0.4) is 0 Å². The lowest BCUT2D eigenvalue weighted by Crippen LogP contribution is -2.47. The molecule has 29 heavy (non-hydrogen) atoms. The first-order valence-electron chi connectivity index (χ1n) is 9.66. The molecule has 0 radical (unpaired) electrons. The number of carbonyl (C=O) groups is 2. The van der Waals surface area contributed by atoms with E-state index in [4.69, 9.17) is 21.1 Å². The van der Waals surface area contributed by atoms with Gasteiger partial charge in [0, 0.05) is 37.0 Å². The fourth-order valence-corrected chi connectivity index (χ4v) is 3.73. The van der Waals surface area contributed by atoms with E-state index in [1.54, 1.807) is 40.3 Å². The second-order valence-corrected chi connectivity index (χ2v) is 7.40. The van der Waals surface area contributed by atoms with Crippen LogP contribution in [0.1, 0.15) is 23.2 Å². The van der Waals surface area contributed by atoms with Gasteiger partial charge in [0.15, 0.2) is 10.9 Å². The van der Waals surface area contributed by atoms with Gasteiger partial charge in [0.05, 0.1) is 13.2 Å². The van der Waals surface area contributed by atoms with Gasteiger partial charge in [-0.05, 0) is 42.8 Å². The molecule has 152 valence electrons. The van der Waals surface area contributed by atoms with E-state index in [1.165, 1.54) is 0 Å². The van der Waals surface area contributed by atoms with E-state index in [-0.39, 0.29) is 24.5 Å². The highest BCUT2D eigenvalue weighted by molar-refractivity contribution is 6.30. The van der Waals surface area contributed by atoms with Crippen LogP contribution in [0.5, 0.6) is 5.75 Å². The van der Waals surface area contributed by atoms with Gasteiger partial charge in [-0.2, -0.15) is 0 Å². The van der Waals surface area contributed by atoms with Gasteiger partial charge in [-0.25, -0.2) is 4.98 Å². The molecule has 1 aromatic heterocycles. The summed E-state index contributed by atoms with van der Waals surface area (Å²) in [4.78, 5) is 32.3. The van der Waals surface area contributed by atoms with Crippen molar-refractivity contribution in [3.05, 3.63) is 53.3 Å². The van der Waals surface area contributed by atoms with E-state index >= 15 is 0 Å². The normalized spacial score (nSPS) is 19.5. The van der Waals surface area contributed by atoms with Crippen molar-refractivity contribution in [3.8, 4) is 5.75 Å². The number of rotatable bonds is 5. The van der Waals surface area contributed by atoms with Gasteiger partial charge in [-0.3, -0.25) is 9.59 Å². The average Bonchev–Trinajstić information content (AvgIpc) is 3.19. The zero-order valence-corrected chi connectivity index (χ0v) is 16.7. The summed E-state index contributed by atoms with van der Waals surface area (Å²) in [7, 11) is 0. The second-order valence-electron chi connectivity index (χ2n) is 7.04. The third-order valence-electron chi connectivity index (χ3n) is 5.07. The molecule has 0 N–H and O–H groups in total. The number of pyridine rings is 1. The van der Waals surface area contributed by atoms with Crippen molar-refractivity contribution in [2.24, 2.45) is 0 Å². The fourth-order valence-electron chi connectivity index (χ4n) is 3.55. The van der Waals surface area contributed by atoms with E-state index in [0.29, 0.717) is 42.6 Å². The van der Waals surface area contributed by atoms with Gasteiger partial charge in [0.25, 0.3) is 5.91 Å². The molecule has 2 amide bonds. The standard InChI is InChI=1S/C21H22ClN3O4/c22-20-18(3-1-9-23-20)29-14-17-13-24(11-12-28-17)21(27)15-5-7-16(8-6-15)25-10-2-4-19(25)26/h1,3,5-9,17H,2,4,10-14H2. The minimum Gasteiger partial charge on any atom is -0.488 e. The molecule has 2 fully saturated rings. The molecule has 0 saturated carbocycles. The molecule has 1 atom stereocenters. The minimum atomic E-state index is -0.245. The Morgan fingerprint density at radius 3 is 2.79 bits per heavy atom. The monoisotopic (exact) mass is 415 g/mol. The third-order valence-corrected chi connectivity index (χ3v) is 5.36. The highest BCUT2D eigenvalue weighted by Crippen LogP contribution is 2.23. The smallest absolute Gasteiger partial charge is 0.254 e. The average molecular weight is 416 g/mol. The minimum absolute atomic E-state index is 0.0583. The van der Waals surface area contributed by atoms with Crippen LogP contribution < -0.4 is 9.64 Å². The predicted molar refractivity (Wildman–Crippen MR) is 108 cm³/mol. The number of aromatic nitrogens is 1. The summed E-state index contributed by atoms with van der Waals surface area (Å²) in [6.45, 7) is 2.42. The maximum Gasteiger partial charge on any atom is 0.254 e. The number of hydrogen-bond donors (Lipinski definition) is 0. The topological polar surface area (TPSA) is 72.0 Å². The molecular formula is C21H22ClN3O4. The van der Waals surface area contributed by atoms with Crippen LogP contribution in [0.25, 0.3) is 0 Å².